The van der Waals surface area contributed by atoms with Crippen molar-refractivity contribution in [3.8, 4) is 0 Å². The zero-order valence-electron chi connectivity index (χ0n) is 9.23. The van der Waals surface area contributed by atoms with Gasteiger partial charge in [-0.05, 0) is 13.3 Å². The second-order valence-electron chi connectivity index (χ2n) is 3.17. The van der Waals surface area contributed by atoms with Crippen molar-refractivity contribution >= 4 is 22.7 Å². The number of aliphatic carboxylic acids is 1. The normalized spacial score (nSPS) is 14.3. The summed E-state index contributed by atoms with van der Waals surface area (Å²) in [5.74, 6) is -1.60. The number of carboxylic acids is 1. The van der Waals surface area contributed by atoms with Crippen molar-refractivity contribution in [3.63, 3.8) is 0 Å². The molecule has 0 aliphatic rings. The van der Waals surface area contributed by atoms with Gasteiger partial charge in [-0.2, -0.15) is 0 Å². The molecule has 0 rings (SSSR count). The van der Waals surface area contributed by atoms with E-state index in [0.29, 0.717) is 6.54 Å². The highest BCUT2D eigenvalue weighted by molar-refractivity contribution is 7.87. The first-order chi connectivity index (χ1) is 6.93. The average molecular weight is 235 g/mol. The number of nitrogens with zero attached hydrogens (tertiary/aromatic N) is 1. The molecule has 1 amide bonds. The smallest absolute Gasteiger partial charge is 0.319 e. The van der Waals surface area contributed by atoms with E-state index in [1.807, 2.05) is 0 Å². The third kappa shape index (κ3) is 4.42. The second-order valence-corrected chi connectivity index (χ2v) is 4.79. The van der Waals surface area contributed by atoms with Crippen LogP contribution in [0.5, 0.6) is 0 Å². The maximum absolute atomic E-state index is 11.5. The Morgan fingerprint density at radius 3 is 2.27 bits per heavy atom. The Balaban J connectivity index is 4.35. The van der Waals surface area contributed by atoms with Gasteiger partial charge in [-0.3, -0.25) is 13.8 Å². The summed E-state index contributed by atoms with van der Waals surface area (Å²) >= 11 is 0. The molecular formula is C9H17NO4S. The van der Waals surface area contributed by atoms with E-state index in [2.05, 4.69) is 0 Å². The number of rotatable bonds is 6. The zero-order valence-corrected chi connectivity index (χ0v) is 10.0. The maximum atomic E-state index is 11.5. The molecule has 0 aromatic heterocycles. The van der Waals surface area contributed by atoms with Crippen molar-refractivity contribution in [2.24, 2.45) is 0 Å². The largest absolute Gasteiger partial charge is 0.480 e. The Labute approximate surface area is 91.9 Å². The lowest BCUT2D eigenvalue weighted by Gasteiger charge is -2.15. The SMILES string of the molecule is CCC(C(=O)O)S(=O)CC(=O)N(C)CC. The molecule has 0 aliphatic heterocycles. The molecule has 0 aliphatic carbocycles. The molecule has 2 atom stereocenters. The van der Waals surface area contributed by atoms with Crippen molar-refractivity contribution in [2.75, 3.05) is 19.3 Å². The summed E-state index contributed by atoms with van der Waals surface area (Å²) in [5, 5.41) is 7.79. The van der Waals surface area contributed by atoms with E-state index in [-0.39, 0.29) is 18.1 Å². The van der Waals surface area contributed by atoms with Gasteiger partial charge in [0, 0.05) is 24.4 Å². The van der Waals surface area contributed by atoms with E-state index in [1.165, 1.54) is 4.90 Å². The Morgan fingerprint density at radius 2 is 1.93 bits per heavy atom. The molecule has 0 radical (unpaired) electrons. The van der Waals surface area contributed by atoms with E-state index < -0.39 is 22.0 Å². The summed E-state index contributed by atoms with van der Waals surface area (Å²) in [6, 6.07) is 0. The van der Waals surface area contributed by atoms with Gasteiger partial charge in [-0.15, -0.1) is 0 Å². The zero-order chi connectivity index (χ0) is 12.0. The number of carbonyl (C=O) groups is 2. The van der Waals surface area contributed by atoms with Crippen LogP contribution in [0.15, 0.2) is 0 Å². The van der Waals surface area contributed by atoms with E-state index in [4.69, 9.17) is 5.11 Å². The third-order valence-corrected chi connectivity index (χ3v) is 3.83. The average Bonchev–Trinajstić information content (AvgIpc) is 2.16. The molecule has 5 nitrogen and oxygen atoms in total. The number of carbonyl (C=O) groups excluding carboxylic acids is 1. The minimum Gasteiger partial charge on any atom is -0.480 e. The molecule has 0 aromatic rings. The number of amides is 1. The third-order valence-electron chi connectivity index (χ3n) is 2.13. The molecule has 0 heterocycles. The fourth-order valence-corrected chi connectivity index (χ4v) is 2.24. The topological polar surface area (TPSA) is 74.7 Å². The monoisotopic (exact) mass is 235 g/mol. The molecule has 0 saturated heterocycles. The van der Waals surface area contributed by atoms with E-state index in [1.54, 1.807) is 20.9 Å². The van der Waals surface area contributed by atoms with Gasteiger partial charge >= 0.3 is 5.97 Å². The molecule has 0 spiro atoms. The molecule has 15 heavy (non-hydrogen) atoms. The van der Waals surface area contributed by atoms with Crippen LogP contribution in [0, 0.1) is 0 Å². The summed E-state index contributed by atoms with van der Waals surface area (Å²) in [6.45, 7) is 3.97. The number of hydrogen-bond acceptors (Lipinski definition) is 3. The van der Waals surface area contributed by atoms with Crippen LogP contribution in [0.1, 0.15) is 20.3 Å². The number of carboxylic acid groups (broad SMARTS) is 1. The summed E-state index contributed by atoms with van der Waals surface area (Å²) in [4.78, 5) is 23.5. The van der Waals surface area contributed by atoms with E-state index in [9.17, 15) is 13.8 Å². The second kappa shape index (κ2) is 6.55. The first-order valence-corrected chi connectivity index (χ1v) is 6.16. The van der Waals surface area contributed by atoms with Gasteiger partial charge in [0.15, 0.2) is 0 Å². The lowest BCUT2D eigenvalue weighted by atomic mass is 10.3. The fraction of sp³-hybridized carbons (Fsp3) is 0.778. The summed E-state index contributed by atoms with van der Waals surface area (Å²) < 4.78 is 11.5. The maximum Gasteiger partial charge on any atom is 0.319 e. The fourth-order valence-electron chi connectivity index (χ4n) is 0.982. The van der Waals surface area contributed by atoms with Crippen LogP contribution in [0.4, 0.5) is 0 Å². The van der Waals surface area contributed by atoms with Crippen LogP contribution in [-0.2, 0) is 20.4 Å². The van der Waals surface area contributed by atoms with Gasteiger partial charge in [0.05, 0.1) is 0 Å². The Hall–Kier alpha value is -0.910. The molecule has 2 unspecified atom stereocenters. The Kier molecular flexibility index (Phi) is 6.15. The van der Waals surface area contributed by atoms with Crippen molar-refractivity contribution in [1.29, 1.82) is 0 Å². The summed E-state index contributed by atoms with van der Waals surface area (Å²) in [7, 11) is -0.0325. The number of hydrogen-bond donors (Lipinski definition) is 1. The van der Waals surface area contributed by atoms with Crippen LogP contribution < -0.4 is 0 Å². The molecule has 1 N–H and O–H groups in total. The van der Waals surface area contributed by atoms with Crippen molar-refractivity contribution in [3.05, 3.63) is 0 Å². The van der Waals surface area contributed by atoms with E-state index in [0.717, 1.165) is 0 Å². The van der Waals surface area contributed by atoms with Crippen LogP contribution in [-0.4, -0.2) is 50.7 Å². The minimum atomic E-state index is -1.63. The first-order valence-electron chi connectivity index (χ1n) is 4.77. The van der Waals surface area contributed by atoms with Crippen molar-refractivity contribution in [1.82, 2.24) is 4.90 Å². The molecule has 0 saturated carbocycles. The predicted octanol–water partition coefficient (Wildman–Crippen LogP) is 0.0766. The Bertz CT molecular complexity index is 267. The van der Waals surface area contributed by atoms with Crippen LogP contribution in [0.2, 0.25) is 0 Å². The molecule has 0 fully saturated rings. The van der Waals surface area contributed by atoms with Crippen molar-refractivity contribution in [2.45, 2.75) is 25.5 Å². The van der Waals surface area contributed by atoms with Gasteiger partial charge in [0.25, 0.3) is 0 Å². The molecule has 0 bridgehead atoms. The van der Waals surface area contributed by atoms with Crippen LogP contribution >= 0.6 is 0 Å². The van der Waals surface area contributed by atoms with E-state index >= 15 is 0 Å². The lowest BCUT2D eigenvalue weighted by molar-refractivity contribution is -0.136. The summed E-state index contributed by atoms with van der Waals surface area (Å²) in [5.41, 5.74) is 0. The highest BCUT2D eigenvalue weighted by Gasteiger charge is 2.25. The Morgan fingerprint density at radius 1 is 1.40 bits per heavy atom. The predicted molar refractivity (Wildman–Crippen MR) is 58.0 cm³/mol. The van der Waals surface area contributed by atoms with Gasteiger partial charge in [-0.1, -0.05) is 6.92 Å². The highest BCUT2D eigenvalue weighted by atomic mass is 32.2. The molecular weight excluding hydrogens is 218 g/mol. The van der Waals surface area contributed by atoms with Crippen LogP contribution in [0.25, 0.3) is 0 Å². The van der Waals surface area contributed by atoms with Crippen LogP contribution in [0.3, 0.4) is 0 Å². The molecule has 6 heteroatoms. The van der Waals surface area contributed by atoms with Gasteiger partial charge in [-0.25, -0.2) is 0 Å². The first kappa shape index (κ1) is 14.1. The van der Waals surface area contributed by atoms with Gasteiger partial charge in [0.1, 0.15) is 11.0 Å². The van der Waals surface area contributed by atoms with Gasteiger partial charge < -0.3 is 10.0 Å². The van der Waals surface area contributed by atoms with Crippen molar-refractivity contribution < 1.29 is 18.9 Å². The summed E-state index contributed by atoms with van der Waals surface area (Å²) in [6.07, 6.45) is 0.269. The quantitative estimate of drug-likeness (QED) is 0.707. The molecule has 0 aromatic carbocycles. The standard InChI is InChI=1S/C9H17NO4S/c1-4-7(9(12)13)15(14)6-8(11)10(3)5-2/h7H,4-6H2,1-3H3,(H,12,13). The van der Waals surface area contributed by atoms with Gasteiger partial charge in [0.2, 0.25) is 5.91 Å². The highest BCUT2D eigenvalue weighted by Crippen LogP contribution is 2.03. The lowest BCUT2D eigenvalue weighted by Crippen LogP contribution is -2.35. The molecule has 88 valence electrons. The minimum absolute atomic E-state index is 0.213.